The molecule has 3 nitrogen and oxygen atoms in total. The molecule has 0 bridgehead atoms. The average Bonchev–Trinajstić information content (AvgIpc) is 2.82. The van der Waals surface area contributed by atoms with Crippen LogP contribution in [0.3, 0.4) is 0 Å². The SMILES string of the molecule is Cn1ccnc1CNC1CSCc2ccccc21. The first kappa shape index (κ1) is 11.8. The normalized spacial score (nSPS) is 18.6. The van der Waals surface area contributed by atoms with E-state index in [1.165, 1.54) is 11.1 Å². The van der Waals surface area contributed by atoms with Crippen molar-refractivity contribution in [2.24, 2.45) is 7.05 Å². The van der Waals surface area contributed by atoms with Gasteiger partial charge in [0, 0.05) is 37.0 Å². The third kappa shape index (κ3) is 2.31. The number of hydrogen-bond acceptors (Lipinski definition) is 3. The van der Waals surface area contributed by atoms with E-state index in [-0.39, 0.29) is 0 Å². The Morgan fingerprint density at radius 1 is 1.44 bits per heavy atom. The number of aromatic nitrogens is 2. The summed E-state index contributed by atoms with van der Waals surface area (Å²) in [7, 11) is 2.04. The lowest BCUT2D eigenvalue weighted by atomic mass is 10.0. The zero-order chi connectivity index (χ0) is 12.4. The molecule has 0 fully saturated rings. The Hall–Kier alpha value is -1.26. The molecule has 1 aromatic carbocycles. The second-order valence-corrected chi connectivity index (χ2v) is 5.63. The van der Waals surface area contributed by atoms with E-state index in [0.29, 0.717) is 6.04 Å². The van der Waals surface area contributed by atoms with Crippen LogP contribution in [0.4, 0.5) is 0 Å². The number of hydrogen-bond donors (Lipinski definition) is 1. The molecule has 1 atom stereocenters. The Morgan fingerprint density at radius 2 is 2.33 bits per heavy atom. The molecule has 0 aliphatic carbocycles. The largest absolute Gasteiger partial charge is 0.337 e. The lowest BCUT2D eigenvalue weighted by Crippen LogP contribution is -2.27. The zero-order valence-electron chi connectivity index (χ0n) is 10.5. The van der Waals surface area contributed by atoms with E-state index in [9.17, 15) is 0 Å². The minimum atomic E-state index is 0.441. The minimum absolute atomic E-state index is 0.441. The molecule has 94 valence electrons. The van der Waals surface area contributed by atoms with Crippen molar-refractivity contribution >= 4 is 11.8 Å². The van der Waals surface area contributed by atoms with Crippen LogP contribution >= 0.6 is 11.8 Å². The van der Waals surface area contributed by atoms with Crippen molar-refractivity contribution < 1.29 is 0 Å². The van der Waals surface area contributed by atoms with Crippen LogP contribution in [0.1, 0.15) is 23.0 Å². The summed E-state index contributed by atoms with van der Waals surface area (Å²) in [6.45, 7) is 0.822. The van der Waals surface area contributed by atoms with Crippen molar-refractivity contribution in [1.29, 1.82) is 0 Å². The molecular formula is C14H17N3S. The van der Waals surface area contributed by atoms with Gasteiger partial charge < -0.3 is 9.88 Å². The van der Waals surface area contributed by atoms with Gasteiger partial charge in [0.25, 0.3) is 0 Å². The van der Waals surface area contributed by atoms with Gasteiger partial charge in [0.05, 0.1) is 6.54 Å². The van der Waals surface area contributed by atoms with Crippen molar-refractivity contribution in [3.63, 3.8) is 0 Å². The standard InChI is InChI=1S/C14H17N3S/c1-17-7-6-15-14(17)8-16-13-10-18-9-11-4-2-3-5-12(11)13/h2-7,13,16H,8-10H2,1H3. The average molecular weight is 259 g/mol. The van der Waals surface area contributed by atoms with Crippen molar-refractivity contribution in [2.75, 3.05) is 5.75 Å². The first-order valence-electron chi connectivity index (χ1n) is 6.20. The Bertz CT molecular complexity index is 535. The predicted octanol–water partition coefficient (Wildman–Crippen LogP) is 2.50. The molecule has 0 spiro atoms. The predicted molar refractivity (Wildman–Crippen MR) is 75.4 cm³/mol. The van der Waals surface area contributed by atoms with Gasteiger partial charge in [-0.25, -0.2) is 4.98 Å². The van der Waals surface area contributed by atoms with Crippen molar-refractivity contribution in [3.8, 4) is 0 Å². The quantitative estimate of drug-likeness (QED) is 0.918. The van der Waals surface area contributed by atoms with Gasteiger partial charge in [0.2, 0.25) is 0 Å². The molecule has 3 rings (SSSR count). The van der Waals surface area contributed by atoms with Gasteiger partial charge in [-0.1, -0.05) is 24.3 Å². The smallest absolute Gasteiger partial charge is 0.122 e. The van der Waals surface area contributed by atoms with Crippen LogP contribution in [-0.2, 0) is 19.3 Å². The highest BCUT2D eigenvalue weighted by Gasteiger charge is 2.19. The van der Waals surface area contributed by atoms with E-state index < -0.39 is 0 Å². The van der Waals surface area contributed by atoms with Crippen LogP contribution in [0.25, 0.3) is 0 Å². The minimum Gasteiger partial charge on any atom is -0.337 e. The Labute approximate surface area is 112 Å². The van der Waals surface area contributed by atoms with E-state index in [1.54, 1.807) is 0 Å². The second-order valence-electron chi connectivity index (χ2n) is 4.60. The molecule has 1 aliphatic rings. The molecule has 4 heteroatoms. The van der Waals surface area contributed by atoms with Crippen LogP contribution in [0.15, 0.2) is 36.7 Å². The van der Waals surface area contributed by atoms with Crippen molar-refractivity contribution in [1.82, 2.24) is 14.9 Å². The van der Waals surface area contributed by atoms with Crippen molar-refractivity contribution in [2.45, 2.75) is 18.3 Å². The van der Waals surface area contributed by atoms with Gasteiger partial charge in [-0.15, -0.1) is 0 Å². The third-order valence-electron chi connectivity index (χ3n) is 3.40. The Kier molecular flexibility index (Phi) is 3.39. The highest BCUT2D eigenvalue weighted by molar-refractivity contribution is 7.98. The molecule has 1 aliphatic heterocycles. The van der Waals surface area contributed by atoms with Gasteiger partial charge in [-0.2, -0.15) is 11.8 Å². The number of rotatable bonds is 3. The number of benzene rings is 1. The lowest BCUT2D eigenvalue weighted by molar-refractivity contribution is 0.550. The summed E-state index contributed by atoms with van der Waals surface area (Å²) in [5.74, 6) is 3.36. The summed E-state index contributed by atoms with van der Waals surface area (Å²) >= 11 is 2.00. The molecule has 0 amide bonds. The maximum atomic E-state index is 4.35. The zero-order valence-corrected chi connectivity index (χ0v) is 11.3. The number of aryl methyl sites for hydroxylation is 1. The fourth-order valence-electron chi connectivity index (χ4n) is 2.33. The summed E-state index contributed by atoms with van der Waals surface area (Å²) in [6, 6.07) is 9.17. The molecule has 1 N–H and O–H groups in total. The van der Waals surface area contributed by atoms with Crippen molar-refractivity contribution in [3.05, 3.63) is 53.6 Å². The highest BCUT2D eigenvalue weighted by Crippen LogP contribution is 2.31. The summed E-state index contributed by atoms with van der Waals surface area (Å²) in [4.78, 5) is 4.35. The maximum Gasteiger partial charge on any atom is 0.122 e. The second kappa shape index (κ2) is 5.16. The summed E-state index contributed by atoms with van der Waals surface area (Å²) in [5.41, 5.74) is 2.91. The Morgan fingerprint density at radius 3 is 3.17 bits per heavy atom. The topological polar surface area (TPSA) is 29.9 Å². The Balaban J connectivity index is 1.73. The molecule has 1 aromatic heterocycles. The van der Waals surface area contributed by atoms with E-state index in [1.807, 2.05) is 31.2 Å². The molecular weight excluding hydrogens is 242 g/mol. The summed E-state index contributed by atoms with van der Waals surface area (Å²) in [5, 5.41) is 3.62. The third-order valence-corrected chi connectivity index (χ3v) is 4.48. The van der Waals surface area contributed by atoms with Crippen LogP contribution in [-0.4, -0.2) is 15.3 Å². The van der Waals surface area contributed by atoms with E-state index in [2.05, 4.69) is 39.1 Å². The van der Waals surface area contributed by atoms with E-state index >= 15 is 0 Å². The number of fused-ring (bicyclic) bond motifs is 1. The summed E-state index contributed by atoms with van der Waals surface area (Å²) < 4.78 is 2.06. The van der Waals surface area contributed by atoms with Crippen LogP contribution in [0, 0.1) is 0 Å². The fourth-order valence-corrected chi connectivity index (χ4v) is 3.47. The van der Waals surface area contributed by atoms with Gasteiger partial charge in [0.15, 0.2) is 0 Å². The molecule has 0 radical (unpaired) electrons. The monoisotopic (exact) mass is 259 g/mol. The van der Waals surface area contributed by atoms with Crippen LogP contribution in [0.5, 0.6) is 0 Å². The molecule has 18 heavy (non-hydrogen) atoms. The number of thioether (sulfide) groups is 1. The molecule has 1 unspecified atom stereocenters. The van der Waals surface area contributed by atoms with E-state index in [0.717, 1.165) is 23.9 Å². The maximum absolute atomic E-state index is 4.35. The van der Waals surface area contributed by atoms with E-state index in [4.69, 9.17) is 0 Å². The molecule has 0 saturated carbocycles. The lowest BCUT2D eigenvalue weighted by Gasteiger charge is -2.26. The van der Waals surface area contributed by atoms with Gasteiger partial charge in [-0.3, -0.25) is 0 Å². The highest BCUT2D eigenvalue weighted by atomic mass is 32.2. The number of nitrogens with one attached hydrogen (secondary N) is 1. The summed E-state index contributed by atoms with van der Waals surface area (Å²) in [6.07, 6.45) is 3.83. The van der Waals surface area contributed by atoms with Gasteiger partial charge in [0.1, 0.15) is 5.82 Å². The van der Waals surface area contributed by atoms with Crippen LogP contribution in [0.2, 0.25) is 0 Å². The molecule has 0 saturated heterocycles. The first-order valence-corrected chi connectivity index (χ1v) is 7.35. The van der Waals surface area contributed by atoms with Gasteiger partial charge >= 0.3 is 0 Å². The molecule has 2 heterocycles. The number of nitrogens with zero attached hydrogens (tertiary/aromatic N) is 2. The fraction of sp³-hybridized carbons (Fsp3) is 0.357. The molecule has 2 aromatic rings. The number of imidazole rings is 1. The first-order chi connectivity index (χ1) is 8.84. The van der Waals surface area contributed by atoms with Gasteiger partial charge in [-0.05, 0) is 11.1 Å². The van der Waals surface area contributed by atoms with Crippen LogP contribution < -0.4 is 5.32 Å².